The number of aromatic nitrogens is 1. The molecule has 1 atom stereocenters. The molecular formula is C23H21Cl2F3N4O2. The van der Waals surface area contributed by atoms with E-state index >= 15 is 0 Å². The zero-order valence-corrected chi connectivity index (χ0v) is 19.7. The molecule has 3 aliphatic rings. The standard InChI is InChI=1S/C23H21Cl2F3N4O2/c1-21(2-3-21)12-30-20(33)18-4-13-10-32(11-14(13)9-29-18)19-8-22(34-31-19,23(26,27)28)15-5-16(24)7-17(25)6-15/h4-7,9H,2-3,8,10-12H2,1H3,(H,30,33). The van der Waals surface area contributed by atoms with Crippen LogP contribution in [0.5, 0.6) is 0 Å². The van der Waals surface area contributed by atoms with Gasteiger partial charge in [0.1, 0.15) is 11.5 Å². The predicted molar refractivity (Wildman–Crippen MR) is 120 cm³/mol. The van der Waals surface area contributed by atoms with E-state index < -0.39 is 18.2 Å². The van der Waals surface area contributed by atoms with E-state index in [2.05, 4.69) is 22.4 Å². The Morgan fingerprint density at radius 1 is 1.15 bits per heavy atom. The second kappa shape index (κ2) is 8.02. The van der Waals surface area contributed by atoms with Crippen LogP contribution in [0.1, 0.15) is 53.4 Å². The molecule has 2 aliphatic heterocycles. The third kappa shape index (κ3) is 4.20. The summed E-state index contributed by atoms with van der Waals surface area (Å²) < 4.78 is 42.7. The summed E-state index contributed by atoms with van der Waals surface area (Å²) >= 11 is 11.9. The van der Waals surface area contributed by atoms with Crippen molar-refractivity contribution in [2.75, 3.05) is 6.54 Å². The van der Waals surface area contributed by atoms with Gasteiger partial charge in [0.2, 0.25) is 0 Å². The summed E-state index contributed by atoms with van der Waals surface area (Å²) in [5.41, 5.74) is -0.805. The first kappa shape index (κ1) is 23.2. The lowest BCUT2D eigenvalue weighted by molar-refractivity contribution is -0.275. The highest BCUT2D eigenvalue weighted by Crippen LogP contribution is 2.50. The molecular weight excluding hydrogens is 492 g/mol. The van der Waals surface area contributed by atoms with E-state index in [1.807, 2.05) is 0 Å². The van der Waals surface area contributed by atoms with Crippen molar-refractivity contribution in [1.82, 2.24) is 15.2 Å². The summed E-state index contributed by atoms with van der Waals surface area (Å²) in [4.78, 5) is 23.5. The largest absolute Gasteiger partial charge is 0.435 e. The molecule has 1 aromatic heterocycles. The Balaban J connectivity index is 1.33. The number of rotatable bonds is 4. The summed E-state index contributed by atoms with van der Waals surface area (Å²) in [7, 11) is 0. The fourth-order valence-corrected chi connectivity index (χ4v) is 4.73. The Labute approximate surface area is 204 Å². The number of amidine groups is 1. The topological polar surface area (TPSA) is 66.8 Å². The van der Waals surface area contributed by atoms with Gasteiger partial charge in [0.25, 0.3) is 11.5 Å². The molecule has 1 saturated carbocycles. The van der Waals surface area contributed by atoms with Gasteiger partial charge in [0.05, 0.1) is 6.42 Å². The van der Waals surface area contributed by atoms with Gasteiger partial charge in [-0.15, -0.1) is 0 Å². The molecule has 0 bridgehead atoms. The van der Waals surface area contributed by atoms with Crippen LogP contribution in [0, 0.1) is 5.41 Å². The van der Waals surface area contributed by atoms with E-state index in [4.69, 9.17) is 28.0 Å². The van der Waals surface area contributed by atoms with Crippen LogP contribution in [0.15, 0.2) is 35.6 Å². The number of nitrogens with zero attached hydrogens (tertiary/aromatic N) is 3. The lowest BCUT2D eigenvalue weighted by Gasteiger charge is -2.30. The van der Waals surface area contributed by atoms with Crippen LogP contribution in [0.4, 0.5) is 13.2 Å². The maximum atomic E-state index is 14.2. The fraction of sp³-hybridized carbons (Fsp3) is 0.435. The minimum atomic E-state index is -4.76. The number of hydrogen-bond donors (Lipinski definition) is 1. The van der Waals surface area contributed by atoms with Crippen molar-refractivity contribution in [1.29, 1.82) is 0 Å². The van der Waals surface area contributed by atoms with E-state index in [1.54, 1.807) is 17.2 Å². The number of hydrogen-bond acceptors (Lipinski definition) is 5. The van der Waals surface area contributed by atoms with Gasteiger partial charge in [-0.2, -0.15) is 13.2 Å². The molecule has 1 amide bonds. The molecule has 0 spiro atoms. The number of fused-ring (bicyclic) bond motifs is 1. The second-order valence-electron chi connectivity index (χ2n) is 9.45. The molecule has 5 rings (SSSR count). The lowest BCUT2D eigenvalue weighted by atomic mass is 9.89. The highest BCUT2D eigenvalue weighted by Gasteiger charge is 2.63. The highest BCUT2D eigenvalue weighted by atomic mass is 35.5. The predicted octanol–water partition coefficient (Wildman–Crippen LogP) is 5.43. The van der Waals surface area contributed by atoms with Gasteiger partial charge < -0.3 is 15.1 Å². The quantitative estimate of drug-likeness (QED) is 0.593. The summed E-state index contributed by atoms with van der Waals surface area (Å²) in [6.07, 6.45) is -1.52. The van der Waals surface area contributed by atoms with Crippen LogP contribution in [0.3, 0.4) is 0 Å². The molecule has 2 aromatic rings. The summed E-state index contributed by atoms with van der Waals surface area (Å²) in [6.45, 7) is 3.32. The first-order valence-corrected chi connectivity index (χ1v) is 11.5. The van der Waals surface area contributed by atoms with Gasteiger partial charge in [0.15, 0.2) is 0 Å². The van der Waals surface area contributed by atoms with Crippen LogP contribution in [0.25, 0.3) is 0 Å². The van der Waals surface area contributed by atoms with Crippen molar-refractivity contribution in [3.63, 3.8) is 0 Å². The van der Waals surface area contributed by atoms with E-state index in [0.717, 1.165) is 24.0 Å². The number of benzene rings is 1. The van der Waals surface area contributed by atoms with E-state index in [9.17, 15) is 18.0 Å². The number of oxime groups is 1. The Bertz CT molecular complexity index is 1180. The number of amides is 1. The van der Waals surface area contributed by atoms with Crippen molar-refractivity contribution in [2.45, 2.75) is 51.1 Å². The lowest BCUT2D eigenvalue weighted by Crippen LogP contribution is -2.43. The number of carbonyl (C=O) groups is 1. The molecule has 1 N–H and O–H groups in total. The Morgan fingerprint density at radius 2 is 1.82 bits per heavy atom. The molecule has 3 heterocycles. The highest BCUT2D eigenvalue weighted by molar-refractivity contribution is 6.34. The minimum Gasteiger partial charge on any atom is -0.372 e. The maximum absolute atomic E-state index is 14.2. The number of carbonyl (C=O) groups excluding carboxylic acids is 1. The summed E-state index contributed by atoms with van der Waals surface area (Å²) in [5.74, 6) is -0.109. The van der Waals surface area contributed by atoms with Gasteiger partial charge in [0, 0.05) is 41.4 Å². The molecule has 180 valence electrons. The fourth-order valence-electron chi connectivity index (χ4n) is 4.21. The molecule has 1 aliphatic carbocycles. The molecule has 1 fully saturated rings. The first-order chi connectivity index (χ1) is 16.0. The SMILES string of the molecule is CC1(CNC(=O)c2cc3c(cn2)CN(C2=NOC(c4cc(Cl)cc(Cl)c4)(C(F)(F)F)C2)C3)CC1. The van der Waals surface area contributed by atoms with E-state index in [-0.39, 0.29) is 38.5 Å². The van der Waals surface area contributed by atoms with E-state index in [0.29, 0.717) is 19.6 Å². The van der Waals surface area contributed by atoms with Crippen molar-refractivity contribution < 1.29 is 22.8 Å². The van der Waals surface area contributed by atoms with Crippen LogP contribution in [-0.4, -0.2) is 34.3 Å². The first-order valence-electron chi connectivity index (χ1n) is 10.8. The Morgan fingerprint density at radius 3 is 2.47 bits per heavy atom. The van der Waals surface area contributed by atoms with Crippen molar-refractivity contribution >= 4 is 34.9 Å². The van der Waals surface area contributed by atoms with Gasteiger partial charge in [-0.3, -0.25) is 9.78 Å². The Kier molecular flexibility index (Phi) is 5.48. The number of pyridine rings is 1. The summed E-state index contributed by atoms with van der Waals surface area (Å²) in [6, 6.07) is 5.42. The smallest absolute Gasteiger partial charge is 0.372 e. The average Bonchev–Trinajstić information content (AvgIpc) is 3.16. The second-order valence-corrected chi connectivity index (χ2v) is 10.3. The molecule has 6 nitrogen and oxygen atoms in total. The number of nitrogens with one attached hydrogen (secondary N) is 1. The molecule has 11 heteroatoms. The molecule has 1 aromatic carbocycles. The third-order valence-electron chi connectivity index (χ3n) is 6.68. The number of alkyl halides is 3. The molecule has 34 heavy (non-hydrogen) atoms. The van der Waals surface area contributed by atoms with Crippen molar-refractivity contribution in [2.24, 2.45) is 10.6 Å². The zero-order valence-electron chi connectivity index (χ0n) is 18.2. The van der Waals surface area contributed by atoms with Crippen molar-refractivity contribution in [3.05, 3.63) is 62.9 Å². The number of halogens is 5. The maximum Gasteiger partial charge on any atom is 0.435 e. The molecule has 1 unspecified atom stereocenters. The van der Waals surface area contributed by atoms with Gasteiger partial charge >= 0.3 is 6.18 Å². The van der Waals surface area contributed by atoms with Crippen LogP contribution < -0.4 is 5.32 Å². The zero-order chi connectivity index (χ0) is 24.3. The normalized spacial score (nSPS) is 22.8. The van der Waals surface area contributed by atoms with Crippen LogP contribution in [0.2, 0.25) is 10.0 Å². The van der Waals surface area contributed by atoms with E-state index in [1.165, 1.54) is 18.2 Å². The minimum absolute atomic E-state index is 0.0734. The molecule has 0 saturated heterocycles. The third-order valence-corrected chi connectivity index (χ3v) is 7.12. The Hall–Kier alpha value is -2.52. The average molecular weight is 513 g/mol. The molecule has 0 radical (unpaired) electrons. The van der Waals surface area contributed by atoms with Gasteiger partial charge in [-0.1, -0.05) is 35.3 Å². The van der Waals surface area contributed by atoms with Crippen molar-refractivity contribution in [3.8, 4) is 0 Å². The van der Waals surface area contributed by atoms with Crippen LogP contribution in [-0.2, 0) is 23.5 Å². The summed E-state index contributed by atoms with van der Waals surface area (Å²) in [5, 5.41) is 6.87. The van der Waals surface area contributed by atoms with Gasteiger partial charge in [-0.05, 0) is 53.6 Å². The monoisotopic (exact) mass is 512 g/mol. The van der Waals surface area contributed by atoms with Gasteiger partial charge in [-0.25, -0.2) is 0 Å². The van der Waals surface area contributed by atoms with Crippen LogP contribution >= 0.6 is 23.2 Å².